The van der Waals surface area contributed by atoms with E-state index in [1.807, 2.05) is 12.1 Å². The Hall–Kier alpha value is -0.640. The second kappa shape index (κ2) is 6.88. The van der Waals surface area contributed by atoms with Crippen molar-refractivity contribution in [1.29, 1.82) is 0 Å². The molecule has 0 aromatic heterocycles. The maximum atomic E-state index is 6.34. The number of hydrogen-bond donors (Lipinski definition) is 1. The molecule has 2 aromatic rings. The second-order valence-corrected chi connectivity index (χ2v) is 7.14. The highest BCUT2D eigenvalue weighted by atomic mass is 79.9. The van der Waals surface area contributed by atoms with Crippen LogP contribution >= 0.6 is 31.9 Å². The molecule has 1 atom stereocenters. The molecule has 0 heterocycles. The molecule has 0 bridgehead atoms. The summed E-state index contributed by atoms with van der Waals surface area (Å²) in [5.74, 6) is 0.567. The molecular weight excluding hydrogens is 378 g/mol. The van der Waals surface area contributed by atoms with Gasteiger partial charge in [0.2, 0.25) is 0 Å². The zero-order valence-corrected chi connectivity index (χ0v) is 14.9. The smallest absolute Gasteiger partial charge is 0.0347 e. The van der Waals surface area contributed by atoms with Crippen molar-refractivity contribution < 1.29 is 0 Å². The Morgan fingerprint density at radius 3 is 2.25 bits per heavy atom. The van der Waals surface area contributed by atoms with Gasteiger partial charge in [-0.25, -0.2) is 0 Å². The lowest BCUT2D eigenvalue weighted by Crippen LogP contribution is -2.14. The molecule has 2 N–H and O–H groups in total. The van der Waals surface area contributed by atoms with E-state index in [-0.39, 0.29) is 6.04 Å². The fourth-order valence-corrected chi connectivity index (χ4v) is 3.12. The highest BCUT2D eigenvalue weighted by molar-refractivity contribution is 9.11. The lowest BCUT2D eigenvalue weighted by Gasteiger charge is -2.15. The highest BCUT2D eigenvalue weighted by Gasteiger charge is 2.11. The van der Waals surface area contributed by atoms with Crippen LogP contribution in [0.15, 0.2) is 51.4 Å². The Balaban J connectivity index is 2.14. The number of hydrogen-bond acceptors (Lipinski definition) is 1. The van der Waals surface area contributed by atoms with Gasteiger partial charge >= 0.3 is 0 Å². The minimum Gasteiger partial charge on any atom is -0.324 e. The predicted octanol–water partition coefficient (Wildman–Crippen LogP) is 5.58. The first-order valence-corrected chi connectivity index (χ1v) is 8.35. The molecule has 2 aromatic carbocycles. The summed E-state index contributed by atoms with van der Waals surface area (Å²) in [7, 11) is 0. The van der Waals surface area contributed by atoms with Crippen LogP contribution in [0.1, 0.15) is 42.5 Å². The van der Waals surface area contributed by atoms with E-state index < -0.39 is 0 Å². The quantitative estimate of drug-likeness (QED) is 0.717. The molecule has 0 fully saturated rings. The predicted molar refractivity (Wildman–Crippen MR) is 93.0 cm³/mol. The van der Waals surface area contributed by atoms with Crippen molar-refractivity contribution in [3.63, 3.8) is 0 Å². The van der Waals surface area contributed by atoms with E-state index in [0.29, 0.717) is 5.92 Å². The van der Waals surface area contributed by atoms with Crippen LogP contribution in [0, 0.1) is 0 Å². The Kier molecular flexibility index (Phi) is 5.42. The van der Waals surface area contributed by atoms with E-state index >= 15 is 0 Å². The summed E-state index contributed by atoms with van der Waals surface area (Å²) in [6.07, 6.45) is 0.841. The first-order chi connectivity index (χ1) is 9.47. The second-order valence-electron chi connectivity index (χ2n) is 5.37. The van der Waals surface area contributed by atoms with Crippen molar-refractivity contribution in [2.24, 2.45) is 5.73 Å². The zero-order chi connectivity index (χ0) is 14.7. The molecule has 0 saturated carbocycles. The van der Waals surface area contributed by atoms with Gasteiger partial charge in [-0.05, 0) is 47.2 Å². The van der Waals surface area contributed by atoms with Crippen molar-refractivity contribution >= 4 is 31.9 Å². The zero-order valence-electron chi connectivity index (χ0n) is 11.7. The molecule has 20 heavy (non-hydrogen) atoms. The fraction of sp³-hybridized carbons (Fsp3) is 0.294. The maximum Gasteiger partial charge on any atom is 0.0347 e. The largest absolute Gasteiger partial charge is 0.324 e. The van der Waals surface area contributed by atoms with Crippen LogP contribution in [0.5, 0.6) is 0 Å². The van der Waals surface area contributed by atoms with Crippen molar-refractivity contribution in [3.05, 3.63) is 68.1 Å². The summed E-state index contributed by atoms with van der Waals surface area (Å²) in [4.78, 5) is 0. The Labute approximate surface area is 137 Å². The molecule has 0 aliphatic carbocycles. The summed E-state index contributed by atoms with van der Waals surface area (Å²) in [5, 5.41) is 0. The lowest BCUT2D eigenvalue weighted by molar-refractivity contribution is 0.717. The number of halogens is 2. The van der Waals surface area contributed by atoms with Crippen molar-refractivity contribution in [2.45, 2.75) is 32.2 Å². The van der Waals surface area contributed by atoms with Gasteiger partial charge in [0.25, 0.3) is 0 Å². The van der Waals surface area contributed by atoms with Gasteiger partial charge in [0.05, 0.1) is 0 Å². The third kappa shape index (κ3) is 3.94. The van der Waals surface area contributed by atoms with Crippen LogP contribution in [0.4, 0.5) is 0 Å². The molecule has 0 radical (unpaired) electrons. The van der Waals surface area contributed by atoms with Crippen molar-refractivity contribution in [3.8, 4) is 0 Å². The minimum absolute atomic E-state index is 0.00762. The highest BCUT2D eigenvalue weighted by Crippen LogP contribution is 2.28. The average Bonchev–Trinajstić information content (AvgIpc) is 2.42. The van der Waals surface area contributed by atoms with Gasteiger partial charge in [0.1, 0.15) is 0 Å². The van der Waals surface area contributed by atoms with Gasteiger partial charge in [-0.3, -0.25) is 0 Å². The monoisotopic (exact) mass is 395 g/mol. The van der Waals surface area contributed by atoms with E-state index in [4.69, 9.17) is 5.73 Å². The summed E-state index contributed by atoms with van der Waals surface area (Å²) in [6, 6.07) is 14.9. The normalized spacial score (nSPS) is 12.7. The SMILES string of the molecule is CC(C)c1ccc(CC(N)c2cc(Br)ccc2Br)cc1. The van der Waals surface area contributed by atoms with E-state index in [0.717, 1.165) is 20.9 Å². The maximum absolute atomic E-state index is 6.34. The van der Waals surface area contributed by atoms with E-state index in [1.54, 1.807) is 0 Å². The third-order valence-corrected chi connectivity index (χ3v) is 4.67. The topological polar surface area (TPSA) is 26.0 Å². The van der Waals surface area contributed by atoms with Crippen LogP contribution in [-0.4, -0.2) is 0 Å². The first kappa shape index (κ1) is 15.7. The van der Waals surface area contributed by atoms with Gasteiger partial charge < -0.3 is 5.73 Å². The molecule has 1 nitrogen and oxygen atoms in total. The Morgan fingerprint density at radius 2 is 1.65 bits per heavy atom. The molecule has 106 valence electrons. The third-order valence-electron chi connectivity index (χ3n) is 3.46. The summed E-state index contributed by atoms with van der Waals surface area (Å²) < 4.78 is 2.12. The van der Waals surface area contributed by atoms with E-state index in [9.17, 15) is 0 Å². The molecular formula is C17H19Br2N. The molecule has 0 amide bonds. The lowest BCUT2D eigenvalue weighted by atomic mass is 9.96. The molecule has 3 heteroatoms. The van der Waals surface area contributed by atoms with Crippen LogP contribution in [0.3, 0.4) is 0 Å². The van der Waals surface area contributed by atoms with Crippen molar-refractivity contribution in [2.75, 3.05) is 0 Å². The van der Waals surface area contributed by atoms with Crippen LogP contribution in [-0.2, 0) is 6.42 Å². The van der Waals surface area contributed by atoms with E-state index in [1.165, 1.54) is 11.1 Å². The molecule has 2 rings (SSSR count). The standard InChI is InChI=1S/C17H19Br2N/c1-11(2)13-5-3-12(4-6-13)9-17(20)15-10-14(18)7-8-16(15)19/h3-8,10-11,17H,9,20H2,1-2H3. The van der Waals surface area contributed by atoms with Crippen LogP contribution in [0.25, 0.3) is 0 Å². The molecule has 0 aliphatic heterocycles. The Bertz CT molecular complexity index is 576. The summed E-state index contributed by atoms with van der Waals surface area (Å²) in [5.41, 5.74) is 10.1. The fourth-order valence-electron chi connectivity index (χ4n) is 2.20. The molecule has 0 saturated heterocycles. The van der Waals surface area contributed by atoms with Crippen molar-refractivity contribution in [1.82, 2.24) is 0 Å². The molecule has 0 spiro atoms. The summed E-state index contributed by atoms with van der Waals surface area (Å²) >= 11 is 7.07. The van der Waals surface area contributed by atoms with Crippen LogP contribution in [0.2, 0.25) is 0 Å². The number of rotatable bonds is 4. The van der Waals surface area contributed by atoms with Crippen LogP contribution < -0.4 is 5.73 Å². The van der Waals surface area contributed by atoms with E-state index in [2.05, 4.69) is 76.0 Å². The average molecular weight is 397 g/mol. The van der Waals surface area contributed by atoms with Gasteiger partial charge in [-0.2, -0.15) is 0 Å². The van der Waals surface area contributed by atoms with Gasteiger partial charge in [0, 0.05) is 15.0 Å². The molecule has 0 aliphatic rings. The van der Waals surface area contributed by atoms with Gasteiger partial charge in [-0.15, -0.1) is 0 Å². The Morgan fingerprint density at radius 1 is 1.00 bits per heavy atom. The number of nitrogens with two attached hydrogens (primary N) is 1. The minimum atomic E-state index is -0.00762. The number of benzene rings is 2. The summed E-state index contributed by atoms with van der Waals surface area (Å²) in [6.45, 7) is 4.42. The molecule has 1 unspecified atom stereocenters. The van der Waals surface area contributed by atoms with Gasteiger partial charge in [-0.1, -0.05) is 70.0 Å². The first-order valence-electron chi connectivity index (χ1n) is 6.76. The van der Waals surface area contributed by atoms with Gasteiger partial charge in [0.15, 0.2) is 0 Å².